The van der Waals surface area contributed by atoms with Crippen LogP contribution in [0.4, 0.5) is 0 Å². The molecule has 1 aromatic rings. The summed E-state index contributed by atoms with van der Waals surface area (Å²) in [6.45, 7) is 6.35. The lowest BCUT2D eigenvalue weighted by Crippen LogP contribution is -2.47. The van der Waals surface area contributed by atoms with Crippen molar-refractivity contribution in [2.24, 2.45) is 5.41 Å². The first kappa shape index (κ1) is 12.6. The summed E-state index contributed by atoms with van der Waals surface area (Å²) in [4.78, 5) is 0. The predicted molar refractivity (Wildman–Crippen MR) is 71.2 cm³/mol. The maximum atomic E-state index is 5.23. The normalized spacial score (nSPS) is 17.7. The van der Waals surface area contributed by atoms with Crippen molar-refractivity contribution >= 4 is 0 Å². The summed E-state index contributed by atoms with van der Waals surface area (Å²) in [7, 11) is 0. The van der Waals surface area contributed by atoms with E-state index in [0.29, 0.717) is 5.41 Å². The Morgan fingerprint density at radius 1 is 1.18 bits per heavy atom. The molecule has 1 heterocycles. The third kappa shape index (κ3) is 4.14. The minimum atomic E-state index is 0.402. The number of nitrogens with one attached hydrogen (secondary N) is 1. The molecule has 2 heteroatoms. The Balaban J connectivity index is 1.49. The highest BCUT2D eigenvalue weighted by Crippen LogP contribution is 2.24. The summed E-state index contributed by atoms with van der Waals surface area (Å²) in [6.07, 6.45) is 3.72. The molecule has 1 fully saturated rings. The summed E-state index contributed by atoms with van der Waals surface area (Å²) in [6, 6.07) is 10.7. The van der Waals surface area contributed by atoms with Crippen molar-refractivity contribution < 1.29 is 4.74 Å². The van der Waals surface area contributed by atoms with Gasteiger partial charge in [0, 0.05) is 12.0 Å². The molecule has 0 spiro atoms. The molecule has 0 saturated carbocycles. The number of unbranched alkanes of at least 4 members (excludes halogenated alkanes) is 1. The van der Waals surface area contributed by atoms with E-state index in [4.69, 9.17) is 4.74 Å². The van der Waals surface area contributed by atoms with Gasteiger partial charge in [-0.3, -0.25) is 0 Å². The zero-order valence-electron chi connectivity index (χ0n) is 10.7. The Bertz CT molecular complexity index is 319. The second-order valence-corrected chi connectivity index (χ2v) is 5.42. The molecule has 2 nitrogen and oxygen atoms in total. The molecule has 1 aliphatic heterocycles. The molecule has 0 aromatic heterocycles. The van der Waals surface area contributed by atoms with Crippen LogP contribution in [0.25, 0.3) is 0 Å². The fraction of sp³-hybridized carbons (Fsp3) is 0.600. The molecule has 2 rings (SSSR count). The van der Waals surface area contributed by atoms with Gasteiger partial charge in [-0.15, -0.1) is 0 Å². The van der Waals surface area contributed by atoms with Crippen LogP contribution in [0.5, 0.6) is 0 Å². The van der Waals surface area contributed by atoms with Gasteiger partial charge in [0.2, 0.25) is 0 Å². The van der Waals surface area contributed by atoms with Crippen molar-refractivity contribution in [3.8, 4) is 0 Å². The maximum absolute atomic E-state index is 5.23. The summed E-state index contributed by atoms with van der Waals surface area (Å²) in [5.74, 6) is 0. The van der Waals surface area contributed by atoms with Crippen LogP contribution in [-0.4, -0.2) is 26.3 Å². The molecule has 0 aliphatic carbocycles. The number of benzene rings is 1. The highest BCUT2D eigenvalue weighted by atomic mass is 16.5. The van der Waals surface area contributed by atoms with Crippen molar-refractivity contribution in [2.75, 3.05) is 26.3 Å². The van der Waals surface area contributed by atoms with Crippen LogP contribution < -0.4 is 5.32 Å². The van der Waals surface area contributed by atoms with Crippen LogP contribution in [0.3, 0.4) is 0 Å². The van der Waals surface area contributed by atoms with Gasteiger partial charge in [-0.25, -0.2) is 0 Å². The molecule has 0 amide bonds. The first-order valence-electron chi connectivity index (χ1n) is 6.61. The quantitative estimate of drug-likeness (QED) is 0.731. The van der Waals surface area contributed by atoms with Gasteiger partial charge in [0.15, 0.2) is 0 Å². The van der Waals surface area contributed by atoms with E-state index in [0.717, 1.165) is 26.3 Å². The number of aryl methyl sites for hydroxylation is 1. The Morgan fingerprint density at radius 2 is 1.94 bits per heavy atom. The monoisotopic (exact) mass is 233 g/mol. The van der Waals surface area contributed by atoms with Gasteiger partial charge in [-0.2, -0.15) is 0 Å². The van der Waals surface area contributed by atoms with Crippen molar-refractivity contribution in [3.63, 3.8) is 0 Å². The zero-order valence-corrected chi connectivity index (χ0v) is 10.7. The number of hydrogen-bond acceptors (Lipinski definition) is 2. The van der Waals surface area contributed by atoms with Gasteiger partial charge < -0.3 is 10.1 Å². The third-order valence-corrected chi connectivity index (χ3v) is 3.36. The highest BCUT2D eigenvalue weighted by molar-refractivity contribution is 5.14. The van der Waals surface area contributed by atoms with E-state index < -0.39 is 0 Å². The largest absolute Gasteiger partial charge is 0.380 e. The van der Waals surface area contributed by atoms with Crippen molar-refractivity contribution in [2.45, 2.75) is 26.2 Å². The Kier molecular flexibility index (Phi) is 4.57. The van der Waals surface area contributed by atoms with Crippen LogP contribution in [0.15, 0.2) is 30.3 Å². The highest BCUT2D eigenvalue weighted by Gasteiger charge is 2.32. The average Bonchev–Trinajstić information content (AvgIpc) is 2.33. The predicted octanol–water partition coefficient (Wildman–Crippen LogP) is 2.64. The third-order valence-electron chi connectivity index (χ3n) is 3.36. The van der Waals surface area contributed by atoms with Crippen LogP contribution in [-0.2, 0) is 11.2 Å². The molecular formula is C15H23NO. The second-order valence-electron chi connectivity index (χ2n) is 5.42. The number of rotatable bonds is 7. The summed E-state index contributed by atoms with van der Waals surface area (Å²) in [5.41, 5.74) is 1.85. The van der Waals surface area contributed by atoms with Crippen LogP contribution in [0.1, 0.15) is 25.3 Å². The van der Waals surface area contributed by atoms with Gasteiger partial charge in [-0.1, -0.05) is 37.3 Å². The maximum Gasteiger partial charge on any atom is 0.0554 e. The van der Waals surface area contributed by atoms with Crippen LogP contribution >= 0.6 is 0 Å². The van der Waals surface area contributed by atoms with Gasteiger partial charge >= 0.3 is 0 Å². The first-order chi connectivity index (χ1) is 8.29. The fourth-order valence-electron chi connectivity index (χ4n) is 2.17. The molecule has 1 saturated heterocycles. The molecule has 94 valence electrons. The standard InChI is InChI=1S/C15H23NO/c1-15(12-17-13-15)11-16-10-6-5-9-14-7-3-2-4-8-14/h2-4,7-8,16H,5-6,9-13H2,1H3. The average molecular weight is 233 g/mol. The van der Waals surface area contributed by atoms with Gasteiger partial charge in [0.05, 0.1) is 13.2 Å². The van der Waals surface area contributed by atoms with Gasteiger partial charge in [0.1, 0.15) is 0 Å². The summed E-state index contributed by atoms with van der Waals surface area (Å²) >= 11 is 0. The molecule has 0 unspecified atom stereocenters. The van der Waals surface area contributed by atoms with Crippen LogP contribution in [0, 0.1) is 5.41 Å². The lowest BCUT2D eigenvalue weighted by Gasteiger charge is -2.38. The molecule has 1 aromatic carbocycles. The Hall–Kier alpha value is -0.860. The number of hydrogen-bond donors (Lipinski definition) is 1. The summed E-state index contributed by atoms with van der Waals surface area (Å²) in [5, 5.41) is 3.53. The molecule has 0 atom stereocenters. The van der Waals surface area contributed by atoms with Gasteiger partial charge in [0.25, 0.3) is 0 Å². The topological polar surface area (TPSA) is 21.3 Å². The second kappa shape index (κ2) is 6.18. The van der Waals surface area contributed by atoms with E-state index in [1.807, 2.05) is 0 Å². The van der Waals surface area contributed by atoms with E-state index in [1.165, 1.54) is 24.8 Å². The Morgan fingerprint density at radius 3 is 2.59 bits per heavy atom. The molecule has 0 radical (unpaired) electrons. The van der Waals surface area contributed by atoms with Crippen molar-refractivity contribution in [1.82, 2.24) is 5.32 Å². The minimum absolute atomic E-state index is 0.402. The summed E-state index contributed by atoms with van der Waals surface area (Å²) < 4.78 is 5.23. The lowest BCUT2D eigenvalue weighted by molar-refractivity contribution is -0.0989. The molecule has 1 N–H and O–H groups in total. The molecule has 1 aliphatic rings. The van der Waals surface area contributed by atoms with Crippen molar-refractivity contribution in [1.29, 1.82) is 0 Å². The number of ether oxygens (including phenoxy) is 1. The molecule has 0 bridgehead atoms. The minimum Gasteiger partial charge on any atom is -0.380 e. The van der Waals surface area contributed by atoms with E-state index in [-0.39, 0.29) is 0 Å². The molecular weight excluding hydrogens is 210 g/mol. The molecule has 17 heavy (non-hydrogen) atoms. The SMILES string of the molecule is CC1(CNCCCCc2ccccc2)COC1. The van der Waals surface area contributed by atoms with Gasteiger partial charge in [-0.05, 0) is 31.4 Å². The van der Waals surface area contributed by atoms with Crippen molar-refractivity contribution in [3.05, 3.63) is 35.9 Å². The fourth-order valence-corrected chi connectivity index (χ4v) is 2.17. The van der Waals surface area contributed by atoms with Crippen LogP contribution in [0.2, 0.25) is 0 Å². The lowest BCUT2D eigenvalue weighted by atomic mass is 9.89. The Labute approximate surface area is 104 Å². The van der Waals surface area contributed by atoms with E-state index in [2.05, 4.69) is 42.6 Å². The smallest absolute Gasteiger partial charge is 0.0554 e. The van der Waals surface area contributed by atoms with E-state index in [1.54, 1.807) is 0 Å². The van der Waals surface area contributed by atoms with E-state index >= 15 is 0 Å². The van der Waals surface area contributed by atoms with E-state index in [9.17, 15) is 0 Å². The zero-order chi connectivity index (χ0) is 12.0. The first-order valence-corrected chi connectivity index (χ1v) is 6.61.